The van der Waals surface area contributed by atoms with Crippen molar-refractivity contribution in [2.24, 2.45) is 5.73 Å². The summed E-state index contributed by atoms with van der Waals surface area (Å²) in [5.74, 6) is -1.94. The maximum absolute atomic E-state index is 13.9. The van der Waals surface area contributed by atoms with Crippen LogP contribution in [0.2, 0.25) is 0 Å². The minimum absolute atomic E-state index is 0.00786. The summed E-state index contributed by atoms with van der Waals surface area (Å²) in [7, 11) is 0. The third kappa shape index (κ3) is 3.80. The Morgan fingerprint density at radius 2 is 1.77 bits per heavy atom. The largest absolute Gasteiger partial charge is 0.392 e. The van der Waals surface area contributed by atoms with Gasteiger partial charge in [0.1, 0.15) is 17.2 Å². The van der Waals surface area contributed by atoms with E-state index in [0.29, 0.717) is 12.0 Å². The Labute approximate surface area is 175 Å². The van der Waals surface area contributed by atoms with E-state index in [0.717, 1.165) is 16.2 Å². The van der Waals surface area contributed by atoms with E-state index in [2.05, 4.69) is 4.98 Å². The molecule has 0 unspecified atom stereocenters. The van der Waals surface area contributed by atoms with Gasteiger partial charge in [0.05, 0.1) is 23.3 Å². The topological polar surface area (TPSA) is 98.2 Å². The Balaban J connectivity index is 2.01. The van der Waals surface area contributed by atoms with Crippen LogP contribution in [0, 0.1) is 11.6 Å². The van der Waals surface area contributed by atoms with Gasteiger partial charge in [0.15, 0.2) is 0 Å². The molecule has 0 spiro atoms. The first kappa shape index (κ1) is 20.4. The molecule has 8 heteroatoms. The van der Waals surface area contributed by atoms with E-state index in [1.165, 1.54) is 36.5 Å². The molecule has 0 aliphatic heterocycles. The summed E-state index contributed by atoms with van der Waals surface area (Å²) in [6, 6.07) is 12.9. The Morgan fingerprint density at radius 3 is 2.42 bits per heavy atom. The quantitative estimate of drug-likeness (QED) is 0.518. The number of carbonyl (C=O) groups excluding carboxylic acids is 1. The van der Waals surface area contributed by atoms with Crippen molar-refractivity contribution in [3.05, 3.63) is 105 Å². The number of hydrogen-bond acceptors (Lipinski definition) is 4. The summed E-state index contributed by atoms with van der Waals surface area (Å²) in [5.41, 5.74) is 6.40. The molecule has 0 bridgehead atoms. The highest BCUT2D eigenvalue weighted by molar-refractivity contribution is 5.98. The fourth-order valence-electron chi connectivity index (χ4n) is 3.58. The Hall–Kier alpha value is -3.91. The lowest BCUT2D eigenvalue weighted by molar-refractivity contribution is 0.0995. The molecular formula is C23H17F2N3O3. The van der Waals surface area contributed by atoms with Crippen molar-refractivity contribution in [2.75, 3.05) is 0 Å². The smallest absolute Gasteiger partial charge is 0.268 e. The molecule has 0 saturated carbocycles. The van der Waals surface area contributed by atoms with Crippen LogP contribution in [0.15, 0.2) is 65.6 Å². The Bertz CT molecular complexity index is 1370. The van der Waals surface area contributed by atoms with E-state index in [4.69, 9.17) is 5.73 Å². The minimum Gasteiger partial charge on any atom is -0.392 e. The number of nitrogens with zero attached hydrogens (tertiary/aromatic N) is 2. The third-order valence-corrected chi connectivity index (χ3v) is 4.96. The highest BCUT2D eigenvalue weighted by Crippen LogP contribution is 2.24. The number of fused-ring (bicyclic) bond motifs is 1. The number of rotatable bonds is 5. The molecule has 0 saturated heterocycles. The van der Waals surface area contributed by atoms with E-state index < -0.39 is 29.5 Å². The van der Waals surface area contributed by atoms with Crippen LogP contribution in [0.3, 0.4) is 0 Å². The first-order chi connectivity index (χ1) is 14.9. The fourth-order valence-corrected chi connectivity index (χ4v) is 3.58. The number of aromatic nitrogens is 2. The van der Waals surface area contributed by atoms with Crippen LogP contribution >= 0.6 is 0 Å². The second-order valence-electron chi connectivity index (χ2n) is 7.01. The second-order valence-corrected chi connectivity index (χ2v) is 7.01. The van der Waals surface area contributed by atoms with E-state index in [-0.39, 0.29) is 28.1 Å². The summed E-state index contributed by atoms with van der Waals surface area (Å²) in [5, 5.41) is 9.83. The van der Waals surface area contributed by atoms with Gasteiger partial charge in [-0.15, -0.1) is 0 Å². The van der Waals surface area contributed by atoms with Gasteiger partial charge < -0.3 is 10.8 Å². The number of benzene rings is 2. The summed E-state index contributed by atoms with van der Waals surface area (Å²) in [6.07, 6.45) is 1.93. The highest BCUT2D eigenvalue weighted by atomic mass is 19.1. The molecule has 4 rings (SSSR count). The van der Waals surface area contributed by atoms with Gasteiger partial charge in [0.25, 0.3) is 11.5 Å². The predicted molar refractivity (Wildman–Crippen MR) is 111 cm³/mol. The molecule has 1 amide bonds. The van der Waals surface area contributed by atoms with Gasteiger partial charge in [-0.3, -0.25) is 19.1 Å². The van der Waals surface area contributed by atoms with Crippen LogP contribution in [0.5, 0.6) is 0 Å². The molecule has 3 N–H and O–H groups in total. The lowest BCUT2D eigenvalue weighted by atomic mass is 10.0. The molecule has 2 aromatic carbocycles. The van der Waals surface area contributed by atoms with Crippen molar-refractivity contribution in [3.8, 4) is 5.69 Å². The summed E-state index contributed by atoms with van der Waals surface area (Å²) >= 11 is 0. The lowest BCUT2D eigenvalue weighted by Crippen LogP contribution is -2.31. The molecular weight excluding hydrogens is 404 g/mol. The molecule has 0 radical (unpaired) electrons. The standard InChI is InChI=1S/C23H17F2N3O3/c24-15-6-4-13(5-7-15)8-14-9-19-21(27-11-14)18(12-29)20(22(26)30)23(31)28(19)17-3-1-2-16(25)10-17/h1-7,9-11,29H,8,12H2,(H2,26,30). The second kappa shape index (κ2) is 8.08. The molecule has 0 fully saturated rings. The van der Waals surface area contributed by atoms with Crippen molar-refractivity contribution < 1.29 is 18.7 Å². The summed E-state index contributed by atoms with van der Waals surface area (Å²) in [6.45, 7) is -0.627. The average molecular weight is 421 g/mol. The predicted octanol–water partition coefficient (Wildman–Crippen LogP) is 2.85. The van der Waals surface area contributed by atoms with Crippen molar-refractivity contribution in [2.45, 2.75) is 13.0 Å². The van der Waals surface area contributed by atoms with E-state index >= 15 is 0 Å². The van der Waals surface area contributed by atoms with Gasteiger partial charge in [0.2, 0.25) is 0 Å². The Kier molecular flexibility index (Phi) is 5.31. The van der Waals surface area contributed by atoms with Gasteiger partial charge in [-0.1, -0.05) is 18.2 Å². The van der Waals surface area contributed by atoms with Crippen molar-refractivity contribution in [1.29, 1.82) is 0 Å². The summed E-state index contributed by atoms with van der Waals surface area (Å²) in [4.78, 5) is 29.5. The van der Waals surface area contributed by atoms with Crippen molar-refractivity contribution in [1.82, 2.24) is 9.55 Å². The molecule has 0 atom stereocenters. The SMILES string of the molecule is NC(=O)c1c(CO)c2ncc(Cc3ccc(F)cc3)cc2n(-c2cccc(F)c2)c1=O. The van der Waals surface area contributed by atoms with Crippen LogP contribution < -0.4 is 11.3 Å². The normalized spacial score (nSPS) is 11.1. The third-order valence-electron chi connectivity index (χ3n) is 4.96. The number of pyridine rings is 2. The zero-order valence-electron chi connectivity index (χ0n) is 16.2. The number of primary amides is 1. The number of aliphatic hydroxyl groups is 1. The lowest BCUT2D eigenvalue weighted by Gasteiger charge is -2.16. The molecule has 6 nitrogen and oxygen atoms in total. The van der Waals surface area contributed by atoms with Crippen molar-refractivity contribution in [3.63, 3.8) is 0 Å². The van der Waals surface area contributed by atoms with Gasteiger partial charge in [-0.2, -0.15) is 0 Å². The monoisotopic (exact) mass is 421 g/mol. The van der Waals surface area contributed by atoms with Gasteiger partial charge in [-0.25, -0.2) is 8.78 Å². The fraction of sp³-hybridized carbons (Fsp3) is 0.0870. The number of aliphatic hydroxyl groups excluding tert-OH is 1. The van der Waals surface area contributed by atoms with E-state index in [1.54, 1.807) is 18.2 Å². The van der Waals surface area contributed by atoms with Crippen LogP contribution in [0.4, 0.5) is 8.78 Å². The average Bonchev–Trinajstić information content (AvgIpc) is 2.74. The molecule has 2 heterocycles. The number of nitrogens with two attached hydrogens (primary N) is 1. The highest BCUT2D eigenvalue weighted by Gasteiger charge is 2.22. The van der Waals surface area contributed by atoms with Gasteiger partial charge in [0, 0.05) is 11.8 Å². The number of carbonyl (C=O) groups is 1. The first-order valence-corrected chi connectivity index (χ1v) is 9.36. The van der Waals surface area contributed by atoms with E-state index in [1.807, 2.05) is 0 Å². The molecule has 31 heavy (non-hydrogen) atoms. The zero-order valence-corrected chi connectivity index (χ0v) is 16.2. The number of halogens is 2. The number of amides is 1. The zero-order chi connectivity index (χ0) is 22.1. The first-order valence-electron chi connectivity index (χ1n) is 9.36. The molecule has 2 aromatic heterocycles. The number of hydrogen-bond donors (Lipinski definition) is 2. The summed E-state index contributed by atoms with van der Waals surface area (Å²) < 4.78 is 28.2. The molecule has 0 aliphatic carbocycles. The van der Waals surface area contributed by atoms with E-state index in [9.17, 15) is 23.5 Å². The van der Waals surface area contributed by atoms with Crippen molar-refractivity contribution >= 4 is 16.9 Å². The minimum atomic E-state index is -1.02. The van der Waals surface area contributed by atoms with Crippen LogP contribution in [-0.2, 0) is 13.0 Å². The van der Waals surface area contributed by atoms with Gasteiger partial charge >= 0.3 is 0 Å². The maximum Gasteiger partial charge on any atom is 0.268 e. The maximum atomic E-state index is 13.9. The van der Waals surface area contributed by atoms with Crippen LogP contribution in [-0.4, -0.2) is 20.6 Å². The van der Waals surface area contributed by atoms with Crippen LogP contribution in [0.25, 0.3) is 16.7 Å². The molecule has 156 valence electrons. The van der Waals surface area contributed by atoms with Crippen LogP contribution in [0.1, 0.15) is 27.0 Å². The Morgan fingerprint density at radius 1 is 1.03 bits per heavy atom. The molecule has 4 aromatic rings. The van der Waals surface area contributed by atoms with Gasteiger partial charge in [-0.05, 0) is 53.9 Å². The molecule has 0 aliphatic rings.